The number of urea groups is 1. The van der Waals surface area contributed by atoms with Crippen LogP contribution in [-0.2, 0) is 0 Å². The number of hydrogen-bond donors (Lipinski definition) is 2. The molecule has 188 valence electrons. The van der Waals surface area contributed by atoms with Crippen LogP contribution in [0.1, 0.15) is 60.9 Å². The van der Waals surface area contributed by atoms with Crippen molar-refractivity contribution in [3.8, 4) is 16.9 Å². The summed E-state index contributed by atoms with van der Waals surface area (Å²) in [4.78, 5) is 28.0. The molecule has 0 atom stereocenters. The number of carbonyl (C=O) groups is 2. The number of likely N-dealkylation sites (tertiary alicyclic amines) is 1. The summed E-state index contributed by atoms with van der Waals surface area (Å²) < 4.78 is 1.77. The Morgan fingerprint density at radius 2 is 1.50 bits per heavy atom. The number of aryl methyl sites for hydroxylation is 1. The average Bonchev–Trinajstić information content (AvgIpc) is 3.36. The minimum absolute atomic E-state index is 0.0302. The van der Waals surface area contributed by atoms with Crippen LogP contribution in [0.4, 0.5) is 4.79 Å². The Bertz CT molecular complexity index is 1170. The zero-order chi connectivity index (χ0) is 24.9. The van der Waals surface area contributed by atoms with E-state index in [1.807, 2.05) is 72.6 Å². The van der Waals surface area contributed by atoms with Crippen LogP contribution >= 0.6 is 0 Å². The van der Waals surface area contributed by atoms with E-state index in [0.717, 1.165) is 36.9 Å². The summed E-state index contributed by atoms with van der Waals surface area (Å²) in [6.07, 6.45) is 9.14. The molecule has 0 radical (unpaired) electrons. The number of rotatable bonds is 5. The normalized spacial score (nSPS) is 17.1. The summed E-state index contributed by atoms with van der Waals surface area (Å²) in [6, 6.07) is 18.3. The Morgan fingerprint density at radius 3 is 2.19 bits per heavy atom. The molecule has 2 aliphatic rings. The van der Waals surface area contributed by atoms with E-state index >= 15 is 0 Å². The largest absolute Gasteiger partial charge is 0.349 e. The molecule has 3 amide bonds. The van der Waals surface area contributed by atoms with E-state index in [4.69, 9.17) is 5.10 Å². The first-order valence-electron chi connectivity index (χ1n) is 13.2. The smallest absolute Gasteiger partial charge is 0.317 e. The molecule has 7 heteroatoms. The number of nitrogens with one attached hydrogen (secondary N) is 2. The molecule has 1 aromatic heterocycles. The third-order valence-electron chi connectivity index (χ3n) is 7.35. The molecular weight excluding hydrogens is 450 g/mol. The number of hydrogen-bond acceptors (Lipinski definition) is 3. The molecule has 2 N–H and O–H groups in total. The van der Waals surface area contributed by atoms with Gasteiger partial charge in [0.1, 0.15) is 5.69 Å². The van der Waals surface area contributed by atoms with Crippen molar-refractivity contribution in [2.24, 2.45) is 0 Å². The predicted molar refractivity (Wildman–Crippen MR) is 141 cm³/mol. The highest BCUT2D eigenvalue weighted by molar-refractivity contribution is 6.00. The van der Waals surface area contributed by atoms with Crippen molar-refractivity contribution in [2.45, 2.75) is 64.0 Å². The second kappa shape index (κ2) is 11.0. The van der Waals surface area contributed by atoms with E-state index in [2.05, 4.69) is 10.6 Å². The molecule has 1 saturated carbocycles. The van der Waals surface area contributed by atoms with Gasteiger partial charge in [-0.05, 0) is 44.7 Å². The summed E-state index contributed by atoms with van der Waals surface area (Å²) in [5, 5.41) is 11.2. The lowest BCUT2D eigenvalue weighted by atomic mass is 9.95. The first kappa shape index (κ1) is 24.1. The summed E-state index contributed by atoms with van der Waals surface area (Å²) in [6.45, 7) is 3.35. The molecule has 0 bridgehead atoms. The average molecular weight is 486 g/mol. The van der Waals surface area contributed by atoms with Crippen molar-refractivity contribution in [1.29, 1.82) is 0 Å². The van der Waals surface area contributed by atoms with Gasteiger partial charge in [-0.3, -0.25) is 4.79 Å². The Kier molecular flexibility index (Phi) is 7.35. The van der Waals surface area contributed by atoms with E-state index in [1.165, 1.54) is 24.8 Å². The molecule has 1 saturated heterocycles. The van der Waals surface area contributed by atoms with Gasteiger partial charge in [0, 0.05) is 36.9 Å². The summed E-state index contributed by atoms with van der Waals surface area (Å²) >= 11 is 0. The van der Waals surface area contributed by atoms with E-state index in [1.54, 1.807) is 4.68 Å². The Balaban J connectivity index is 1.25. The quantitative estimate of drug-likeness (QED) is 0.529. The molecule has 2 aromatic carbocycles. The maximum absolute atomic E-state index is 13.4. The van der Waals surface area contributed by atoms with E-state index in [0.29, 0.717) is 30.4 Å². The topological polar surface area (TPSA) is 79.3 Å². The predicted octanol–water partition coefficient (Wildman–Crippen LogP) is 5.08. The monoisotopic (exact) mass is 485 g/mol. The fraction of sp³-hybridized carbons (Fsp3) is 0.414. The molecule has 36 heavy (non-hydrogen) atoms. The second-order valence-electron chi connectivity index (χ2n) is 10.1. The van der Waals surface area contributed by atoms with Crippen LogP contribution in [0.2, 0.25) is 0 Å². The SMILES string of the molecule is Cc1ccc(-n2cc(C(=O)NC3CCN(C(=O)NC4CCCCC4)CC3)c(-c3ccccc3)n2)cc1. The Labute approximate surface area is 212 Å². The molecule has 2 heterocycles. The van der Waals surface area contributed by atoms with Gasteiger partial charge >= 0.3 is 6.03 Å². The highest BCUT2D eigenvalue weighted by atomic mass is 16.2. The summed E-state index contributed by atoms with van der Waals surface area (Å²) in [5.41, 5.74) is 4.21. The third-order valence-corrected chi connectivity index (χ3v) is 7.35. The van der Waals surface area contributed by atoms with Gasteiger partial charge < -0.3 is 15.5 Å². The second-order valence-corrected chi connectivity index (χ2v) is 10.1. The van der Waals surface area contributed by atoms with Crippen LogP contribution in [0.3, 0.4) is 0 Å². The lowest BCUT2D eigenvalue weighted by Crippen LogP contribution is -2.51. The van der Waals surface area contributed by atoms with E-state index in [9.17, 15) is 9.59 Å². The van der Waals surface area contributed by atoms with Gasteiger partial charge in [0.05, 0.1) is 11.3 Å². The number of piperidine rings is 1. The van der Waals surface area contributed by atoms with Gasteiger partial charge in [0.25, 0.3) is 5.91 Å². The van der Waals surface area contributed by atoms with Crippen molar-refractivity contribution in [3.05, 3.63) is 71.9 Å². The van der Waals surface area contributed by atoms with Crippen molar-refractivity contribution in [1.82, 2.24) is 25.3 Å². The van der Waals surface area contributed by atoms with Crippen LogP contribution in [0.15, 0.2) is 60.8 Å². The van der Waals surface area contributed by atoms with Crippen molar-refractivity contribution in [2.75, 3.05) is 13.1 Å². The highest BCUT2D eigenvalue weighted by Gasteiger charge is 2.27. The highest BCUT2D eigenvalue weighted by Crippen LogP contribution is 2.25. The molecule has 0 spiro atoms. The maximum Gasteiger partial charge on any atom is 0.317 e. The van der Waals surface area contributed by atoms with Crippen molar-refractivity contribution < 1.29 is 9.59 Å². The number of amides is 3. The molecule has 1 aliphatic heterocycles. The first-order valence-corrected chi connectivity index (χ1v) is 13.2. The maximum atomic E-state index is 13.4. The summed E-state index contributed by atoms with van der Waals surface area (Å²) in [5.74, 6) is -0.127. The molecule has 5 rings (SSSR count). The Morgan fingerprint density at radius 1 is 0.833 bits per heavy atom. The zero-order valence-electron chi connectivity index (χ0n) is 21.0. The fourth-order valence-corrected chi connectivity index (χ4v) is 5.18. The van der Waals surface area contributed by atoms with Crippen LogP contribution in [-0.4, -0.2) is 51.8 Å². The van der Waals surface area contributed by atoms with Crippen LogP contribution in [0.5, 0.6) is 0 Å². The van der Waals surface area contributed by atoms with Gasteiger partial charge in [0.2, 0.25) is 0 Å². The summed E-state index contributed by atoms with van der Waals surface area (Å²) in [7, 11) is 0. The fourth-order valence-electron chi connectivity index (χ4n) is 5.18. The lowest BCUT2D eigenvalue weighted by Gasteiger charge is -2.34. The lowest BCUT2D eigenvalue weighted by molar-refractivity contribution is 0.0918. The number of carbonyl (C=O) groups excluding carboxylic acids is 2. The molecule has 7 nitrogen and oxygen atoms in total. The van der Waals surface area contributed by atoms with Gasteiger partial charge in [-0.25, -0.2) is 9.48 Å². The van der Waals surface area contributed by atoms with Gasteiger partial charge in [-0.15, -0.1) is 0 Å². The number of aromatic nitrogens is 2. The van der Waals surface area contributed by atoms with Gasteiger partial charge in [-0.2, -0.15) is 5.10 Å². The zero-order valence-corrected chi connectivity index (χ0v) is 21.0. The molecule has 0 unspecified atom stereocenters. The minimum atomic E-state index is -0.127. The molecule has 1 aliphatic carbocycles. The van der Waals surface area contributed by atoms with Crippen LogP contribution < -0.4 is 10.6 Å². The van der Waals surface area contributed by atoms with E-state index in [-0.39, 0.29) is 18.0 Å². The third kappa shape index (κ3) is 5.61. The molecular formula is C29H35N5O2. The number of nitrogens with zero attached hydrogens (tertiary/aromatic N) is 3. The van der Waals surface area contributed by atoms with Gasteiger partial charge in [-0.1, -0.05) is 67.3 Å². The molecule has 3 aromatic rings. The van der Waals surface area contributed by atoms with Crippen LogP contribution in [0.25, 0.3) is 16.9 Å². The van der Waals surface area contributed by atoms with Crippen LogP contribution in [0, 0.1) is 6.92 Å². The van der Waals surface area contributed by atoms with Crippen molar-refractivity contribution >= 4 is 11.9 Å². The minimum Gasteiger partial charge on any atom is -0.349 e. The van der Waals surface area contributed by atoms with E-state index < -0.39 is 0 Å². The standard InChI is InChI=1S/C29H35N5O2/c1-21-12-14-25(15-13-21)34-20-26(27(32-34)22-8-4-2-5-9-22)28(35)30-24-16-18-33(19-17-24)29(36)31-23-10-6-3-7-11-23/h2,4-5,8-9,12-15,20,23-24H,3,6-7,10-11,16-19H2,1H3,(H,30,35)(H,31,36). The first-order chi connectivity index (χ1) is 17.6. The van der Waals surface area contributed by atoms with Crippen molar-refractivity contribution in [3.63, 3.8) is 0 Å². The molecule has 2 fully saturated rings. The van der Waals surface area contributed by atoms with Gasteiger partial charge in [0.15, 0.2) is 0 Å². The number of benzene rings is 2. The Hall–Kier alpha value is -3.61.